The molecule has 1 aliphatic rings. The summed E-state index contributed by atoms with van der Waals surface area (Å²) in [5.41, 5.74) is 3.42. The summed E-state index contributed by atoms with van der Waals surface area (Å²) < 4.78 is 17.7. The summed E-state index contributed by atoms with van der Waals surface area (Å²) in [6.45, 7) is 0.849. The Morgan fingerprint density at radius 1 is 1.10 bits per heavy atom. The zero-order chi connectivity index (χ0) is 19.8. The molecule has 0 unspecified atom stereocenters. The third-order valence-corrected chi connectivity index (χ3v) is 4.75. The first kappa shape index (κ1) is 17.2. The summed E-state index contributed by atoms with van der Waals surface area (Å²) in [5.74, 6) is 2.71. The molecular weight excluding hydrogens is 372 g/mol. The Kier molecular flexibility index (Phi) is 4.09. The Morgan fingerprint density at radius 3 is 2.90 bits per heavy atom. The molecule has 4 aromatic rings. The van der Waals surface area contributed by atoms with E-state index in [1.165, 1.54) is 7.11 Å². The zero-order valence-corrected chi connectivity index (χ0v) is 15.6. The fourth-order valence-corrected chi connectivity index (χ4v) is 3.24. The van der Waals surface area contributed by atoms with Crippen LogP contribution >= 0.6 is 0 Å². The number of nitrogens with zero attached hydrogens (tertiary/aromatic N) is 3. The van der Waals surface area contributed by atoms with E-state index < -0.39 is 0 Å². The van der Waals surface area contributed by atoms with Crippen molar-refractivity contribution in [2.24, 2.45) is 0 Å². The summed E-state index contributed by atoms with van der Waals surface area (Å²) >= 11 is 0. The van der Waals surface area contributed by atoms with Crippen molar-refractivity contribution in [2.75, 3.05) is 19.2 Å². The van der Waals surface area contributed by atoms with Crippen molar-refractivity contribution < 1.29 is 19.3 Å². The summed E-state index contributed by atoms with van der Waals surface area (Å²) in [4.78, 5) is 4.41. The van der Waals surface area contributed by atoms with E-state index in [0.717, 1.165) is 34.0 Å². The van der Waals surface area contributed by atoms with Gasteiger partial charge in [0.25, 0.3) is 0 Å². The monoisotopic (exact) mass is 390 g/mol. The highest BCUT2D eigenvalue weighted by Gasteiger charge is 2.14. The maximum atomic E-state index is 9.84. The second kappa shape index (κ2) is 6.90. The third kappa shape index (κ3) is 3.14. The highest BCUT2D eigenvalue weighted by atomic mass is 16.7. The van der Waals surface area contributed by atoms with Crippen molar-refractivity contribution in [1.29, 1.82) is 0 Å². The molecule has 0 atom stereocenters. The molecule has 0 amide bonds. The number of hydrogen-bond donors (Lipinski definition) is 2. The van der Waals surface area contributed by atoms with Crippen LogP contribution in [0.25, 0.3) is 16.9 Å². The summed E-state index contributed by atoms with van der Waals surface area (Å²) in [5, 5.41) is 17.8. The van der Waals surface area contributed by atoms with E-state index in [1.54, 1.807) is 28.9 Å². The number of nitrogens with one attached hydrogen (secondary N) is 1. The average molecular weight is 390 g/mol. The Labute approximate surface area is 166 Å². The number of phenols is 1. The second-order valence-electron chi connectivity index (χ2n) is 6.56. The molecule has 0 fully saturated rings. The van der Waals surface area contributed by atoms with Crippen LogP contribution in [0.2, 0.25) is 0 Å². The average Bonchev–Trinajstić information content (AvgIpc) is 3.38. The molecule has 0 aliphatic carbocycles. The lowest BCUT2D eigenvalue weighted by Crippen LogP contribution is -2.04. The van der Waals surface area contributed by atoms with Gasteiger partial charge >= 0.3 is 0 Å². The van der Waals surface area contributed by atoms with E-state index in [4.69, 9.17) is 14.2 Å². The molecule has 29 heavy (non-hydrogen) atoms. The van der Waals surface area contributed by atoms with Gasteiger partial charge in [-0.3, -0.25) is 0 Å². The van der Waals surface area contributed by atoms with Gasteiger partial charge < -0.3 is 24.6 Å². The van der Waals surface area contributed by atoms with Gasteiger partial charge in [0.15, 0.2) is 28.6 Å². The van der Waals surface area contributed by atoms with E-state index in [9.17, 15) is 5.11 Å². The molecule has 8 nitrogen and oxygen atoms in total. The van der Waals surface area contributed by atoms with Gasteiger partial charge in [-0.15, -0.1) is 5.10 Å². The van der Waals surface area contributed by atoms with Crippen LogP contribution in [0.4, 0.5) is 5.82 Å². The van der Waals surface area contributed by atoms with Crippen LogP contribution in [0, 0.1) is 0 Å². The molecule has 2 aromatic heterocycles. The fraction of sp³-hybridized carbons (Fsp3) is 0.143. The van der Waals surface area contributed by atoms with Gasteiger partial charge in [0.2, 0.25) is 6.79 Å². The van der Waals surface area contributed by atoms with E-state index in [1.807, 2.05) is 30.3 Å². The highest BCUT2D eigenvalue weighted by Crippen LogP contribution is 2.33. The van der Waals surface area contributed by atoms with Crippen LogP contribution in [0.1, 0.15) is 5.56 Å². The quantitative estimate of drug-likeness (QED) is 0.539. The van der Waals surface area contributed by atoms with Crippen LogP contribution in [0.5, 0.6) is 23.0 Å². The molecule has 2 N–H and O–H groups in total. The standard InChI is InChI=1S/C21H18N4O4/c1-27-18-9-14(3-4-16(18)26)15-11-23-21-7-6-20(24-25(15)21)22-10-13-2-5-17-19(8-13)29-12-28-17/h2-9,11,26H,10,12H2,1H3,(H,22,24). The first-order valence-electron chi connectivity index (χ1n) is 9.06. The van der Waals surface area contributed by atoms with Crippen LogP contribution in [-0.2, 0) is 6.54 Å². The topological polar surface area (TPSA) is 90.1 Å². The second-order valence-corrected chi connectivity index (χ2v) is 6.56. The van der Waals surface area contributed by atoms with Gasteiger partial charge in [-0.25, -0.2) is 9.50 Å². The number of anilines is 1. The number of aromatic nitrogens is 3. The van der Waals surface area contributed by atoms with E-state index in [2.05, 4.69) is 15.4 Å². The van der Waals surface area contributed by atoms with Crippen molar-refractivity contribution in [3.8, 4) is 34.3 Å². The molecule has 0 bridgehead atoms. The predicted octanol–water partition coefficient (Wildman–Crippen LogP) is 3.45. The van der Waals surface area contributed by atoms with E-state index >= 15 is 0 Å². The van der Waals surface area contributed by atoms with Gasteiger partial charge in [-0.05, 0) is 48.0 Å². The Hall–Kier alpha value is -3.94. The molecule has 0 saturated heterocycles. The third-order valence-electron chi connectivity index (χ3n) is 4.75. The molecule has 0 radical (unpaired) electrons. The first-order chi connectivity index (χ1) is 14.2. The number of imidazole rings is 1. The molecule has 8 heteroatoms. The van der Waals surface area contributed by atoms with Crippen LogP contribution < -0.4 is 19.5 Å². The van der Waals surface area contributed by atoms with Crippen molar-refractivity contribution in [3.63, 3.8) is 0 Å². The fourth-order valence-electron chi connectivity index (χ4n) is 3.24. The van der Waals surface area contributed by atoms with Crippen molar-refractivity contribution in [3.05, 3.63) is 60.3 Å². The lowest BCUT2D eigenvalue weighted by atomic mass is 10.1. The normalized spacial score (nSPS) is 12.3. The molecular formula is C21H18N4O4. The number of hydrogen-bond acceptors (Lipinski definition) is 7. The number of aromatic hydroxyl groups is 1. The summed E-state index contributed by atoms with van der Waals surface area (Å²) in [6, 6.07) is 14.8. The largest absolute Gasteiger partial charge is 0.504 e. The summed E-state index contributed by atoms with van der Waals surface area (Å²) in [6.07, 6.45) is 1.75. The Morgan fingerprint density at radius 2 is 2.00 bits per heavy atom. The zero-order valence-electron chi connectivity index (χ0n) is 15.6. The molecule has 5 rings (SSSR count). The van der Waals surface area contributed by atoms with E-state index in [0.29, 0.717) is 18.1 Å². The molecule has 2 aromatic carbocycles. The SMILES string of the molecule is COc1cc(-c2cnc3ccc(NCc4ccc5c(c4)OCO5)nn23)ccc1O. The molecule has 146 valence electrons. The lowest BCUT2D eigenvalue weighted by molar-refractivity contribution is 0.174. The summed E-state index contributed by atoms with van der Waals surface area (Å²) in [7, 11) is 1.52. The van der Waals surface area contributed by atoms with Gasteiger partial charge in [-0.1, -0.05) is 6.07 Å². The molecule has 1 aliphatic heterocycles. The predicted molar refractivity (Wildman–Crippen MR) is 107 cm³/mol. The number of fused-ring (bicyclic) bond motifs is 2. The van der Waals surface area contributed by atoms with Crippen molar-refractivity contribution in [2.45, 2.75) is 6.54 Å². The maximum absolute atomic E-state index is 9.84. The minimum atomic E-state index is 0.0871. The van der Waals surface area contributed by atoms with Crippen molar-refractivity contribution >= 4 is 11.5 Å². The number of phenolic OH excluding ortho intramolecular Hbond substituents is 1. The minimum absolute atomic E-state index is 0.0871. The molecule has 0 spiro atoms. The number of methoxy groups -OCH3 is 1. The van der Waals surface area contributed by atoms with Gasteiger partial charge in [0.1, 0.15) is 5.82 Å². The smallest absolute Gasteiger partial charge is 0.231 e. The lowest BCUT2D eigenvalue weighted by Gasteiger charge is -2.09. The number of rotatable bonds is 5. The highest BCUT2D eigenvalue weighted by molar-refractivity contribution is 5.67. The van der Waals surface area contributed by atoms with Gasteiger partial charge in [0.05, 0.1) is 19.0 Å². The van der Waals surface area contributed by atoms with Gasteiger partial charge in [0, 0.05) is 12.1 Å². The van der Waals surface area contributed by atoms with E-state index in [-0.39, 0.29) is 12.5 Å². The van der Waals surface area contributed by atoms with Crippen LogP contribution in [-0.4, -0.2) is 33.6 Å². The van der Waals surface area contributed by atoms with Crippen LogP contribution in [0.3, 0.4) is 0 Å². The maximum Gasteiger partial charge on any atom is 0.231 e. The Bertz CT molecular complexity index is 1200. The molecule has 3 heterocycles. The number of benzene rings is 2. The minimum Gasteiger partial charge on any atom is -0.504 e. The van der Waals surface area contributed by atoms with Gasteiger partial charge in [-0.2, -0.15) is 0 Å². The van der Waals surface area contributed by atoms with Crippen LogP contribution in [0.15, 0.2) is 54.7 Å². The number of ether oxygens (including phenoxy) is 3. The first-order valence-corrected chi connectivity index (χ1v) is 9.06. The Balaban J connectivity index is 1.42. The molecule has 0 saturated carbocycles. The van der Waals surface area contributed by atoms with Crippen molar-refractivity contribution in [1.82, 2.24) is 14.6 Å².